The molecule has 0 rings (SSSR count). The van der Waals surface area contributed by atoms with Crippen LogP contribution < -0.4 is 0 Å². The van der Waals surface area contributed by atoms with Crippen molar-refractivity contribution in [2.75, 3.05) is 13.2 Å². The molecule has 0 amide bonds. The van der Waals surface area contributed by atoms with Crippen LogP contribution in [-0.2, 0) is 28.6 Å². The SMILES string of the molecule is CC/C=C\C/C=C\C/C=C\C/C=C\C/C=C\CC(=O)OCC(COC(=O)CCCCCCC/C=C\CCC)OC(=O)CCCCCCC/C=C\C/C=C\CCCCC. The Bertz CT molecular complexity index is 1200. The van der Waals surface area contributed by atoms with Crippen molar-refractivity contribution in [3.05, 3.63) is 97.2 Å². The van der Waals surface area contributed by atoms with Gasteiger partial charge in [-0.05, 0) is 96.3 Å². The van der Waals surface area contributed by atoms with E-state index in [0.717, 1.165) is 116 Å². The number of hydrogen-bond acceptors (Lipinski definition) is 6. The van der Waals surface area contributed by atoms with Crippen molar-refractivity contribution in [1.82, 2.24) is 0 Å². The van der Waals surface area contributed by atoms with Crippen molar-refractivity contribution in [3.63, 3.8) is 0 Å². The van der Waals surface area contributed by atoms with E-state index in [9.17, 15) is 14.4 Å². The molecule has 0 spiro atoms. The minimum atomic E-state index is -0.826. The molecule has 0 aromatic carbocycles. The minimum Gasteiger partial charge on any atom is -0.462 e. The molecule has 6 heteroatoms. The summed E-state index contributed by atoms with van der Waals surface area (Å²) >= 11 is 0. The lowest BCUT2D eigenvalue weighted by molar-refractivity contribution is -0.166. The van der Waals surface area contributed by atoms with E-state index in [2.05, 4.69) is 106 Å². The Morgan fingerprint density at radius 2 is 0.776 bits per heavy atom. The van der Waals surface area contributed by atoms with Crippen LogP contribution in [0.3, 0.4) is 0 Å². The summed E-state index contributed by atoms with van der Waals surface area (Å²) < 4.78 is 16.6. The van der Waals surface area contributed by atoms with Crippen LogP contribution in [0.5, 0.6) is 0 Å². The Hall–Kier alpha value is -3.67. The largest absolute Gasteiger partial charge is 0.462 e. The highest BCUT2D eigenvalue weighted by molar-refractivity contribution is 5.72. The van der Waals surface area contributed by atoms with Crippen molar-refractivity contribution >= 4 is 17.9 Å². The molecule has 0 bridgehead atoms. The molecule has 0 fully saturated rings. The number of ether oxygens (including phenoxy) is 3. The first-order valence-electron chi connectivity index (χ1n) is 23.2. The number of carbonyl (C=O) groups is 3. The molecular formula is C52H84O6. The second kappa shape index (κ2) is 46.0. The summed E-state index contributed by atoms with van der Waals surface area (Å²) in [6.07, 6.45) is 59.8. The zero-order valence-electron chi connectivity index (χ0n) is 37.3. The van der Waals surface area contributed by atoms with Crippen LogP contribution in [0.2, 0.25) is 0 Å². The molecule has 1 atom stereocenters. The third-order valence-corrected chi connectivity index (χ3v) is 9.31. The van der Waals surface area contributed by atoms with Crippen LogP contribution in [0.4, 0.5) is 0 Å². The van der Waals surface area contributed by atoms with Crippen molar-refractivity contribution < 1.29 is 28.6 Å². The average molecular weight is 805 g/mol. The van der Waals surface area contributed by atoms with E-state index in [1.54, 1.807) is 6.08 Å². The molecule has 328 valence electrons. The summed E-state index contributed by atoms with van der Waals surface area (Å²) in [5, 5.41) is 0. The van der Waals surface area contributed by atoms with Crippen LogP contribution >= 0.6 is 0 Å². The van der Waals surface area contributed by atoms with Crippen LogP contribution in [0, 0.1) is 0 Å². The molecule has 0 aliphatic rings. The van der Waals surface area contributed by atoms with Crippen molar-refractivity contribution in [2.45, 2.75) is 200 Å². The second-order valence-corrected chi connectivity index (χ2v) is 14.9. The molecule has 0 aliphatic heterocycles. The summed E-state index contributed by atoms with van der Waals surface area (Å²) in [7, 11) is 0. The fourth-order valence-electron chi connectivity index (χ4n) is 5.84. The second-order valence-electron chi connectivity index (χ2n) is 14.9. The smallest absolute Gasteiger partial charge is 0.309 e. The Kier molecular flexibility index (Phi) is 43.1. The van der Waals surface area contributed by atoms with E-state index in [-0.39, 0.29) is 38.0 Å². The zero-order valence-corrected chi connectivity index (χ0v) is 37.3. The third kappa shape index (κ3) is 43.5. The molecule has 58 heavy (non-hydrogen) atoms. The highest BCUT2D eigenvalue weighted by Gasteiger charge is 2.19. The minimum absolute atomic E-state index is 0.119. The monoisotopic (exact) mass is 805 g/mol. The van der Waals surface area contributed by atoms with Gasteiger partial charge in [-0.15, -0.1) is 0 Å². The van der Waals surface area contributed by atoms with Crippen LogP contribution in [0.25, 0.3) is 0 Å². The molecule has 6 nitrogen and oxygen atoms in total. The zero-order chi connectivity index (χ0) is 42.3. The van der Waals surface area contributed by atoms with Gasteiger partial charge in [0.25, 0.3) is 0 Å². The molecule has 0 aromatic rings. The van der Waals surface area contributed by atoms with Crippen molar-refractivity contribution in [1.29, 1.82) is 0 Å². The summed E-state index contributed by atoms with van der Waals surface area (Å²) in [6.45, 7) is 6.30. The van der Waals surface area contributed by atoms with Crippen molar-refractivity contribution in [2.24, 2.45) is 0 Å². The predicted octanol–water partition coefficient (Wildman–Crippen LogP) is 15.0. The van der Waals surface area contributed by atoms with Gasteiger partial charge in [-0.25, -0.2) is 0 Å². The van der Waals surface area contributed by atoms with Gasteiger partial charge in [0.2, 0.25) is 0 Å². The van der Waals surface area contributed by atoms with Gasteiger partial charge in [0.05, 0.1) is 6.42 Å². The standard InChI is InChI=1S/C52H84O6/c1-4-7-10-13-16-19-22-24-26-28-30-33-36-39-42-45-51(54)57-48-49(47-56-50(53)44-41-38-35-32-21-18-15-12-9-6-3)58-52(55)46-43-40-37-34-31-29-27-25-23-20-17-14-11-8-5-2/h7,10,12,15-17,19-20,24-27,30,33,39,42,49H,4-6,8-9,11,13-14,18,21-23,28-29,31-32,34-38,40-41,43-48H2,1-3H3/b10-7-,15-12-,19-16-,20-17-,26-24-,27-25-,33-30-,42-39-. The van der Waals surface area contributed by atoms with Crippen LogP contribution in [0.15, 0.2) is 97.2 Å². The lowest BCUT2D eigenvalue weighted by Crippen LogP contribution is -2.30. The van der Waals surface area contributed by atoms with E-state index in [1.165, 1.54) is 38.5 Å². The van der Waals surface area contributed by atoms with E-state index in [4.69, 9.17) is 14.2 Å². The fraction of sp³-hybridized carbons (Fsp3) is 0.635. The van der Waals surface area contributed by atoms with Gasteiger partial charge in [0, 0.05) is 12.8 Å². The van der Waals surface area contributed by atoms with E-state index < -0.39 is 12.1 Å². The predicted molar refractivity (Wildman–Crippen MR) is 247 cm³/mol. The normalized spacial score (nSPS) is 12.9. The number of esters is 3. The molecule has 0 saturated heterocycles. The van der Waals surface area contributed by atoms with Gasteiger partial charge in [-0.1, -0.05) is 176 Å². The molecule has 1 unspecified atom stereocenters. The Morgan fingerprint density at radius 3 is 1.29 bits per heavy atom. The lowest BCUT2D eigenvalue weighted by atomic mass is 10.1. The molecule has 0 N–H and O–H groups in total. The molecular weight excluding hydrogens is 721 g/mol. The van der Waals surface area contributed by atoms with Gasteiger partial charge in [-0.2, -0.15) is 0 Å². The van der Waals surface area contributed by atoms with Gasteiger partial charge < -0.3 is 14.2 Å². The maximum atomic E-state index is 12.7. The molecule has 0 aromatic heterocycles. The van der Waals surface area contributed by atoms with Gasteiger partial charge >= 0.3 is 17.9 Å². The van der Waals surface area contributed by atoms with Crippen LogP contribution in [0.1, 0.15) is 194 Å². The first-order chi connectivity index (χ1) is 28.5. The maximum absolute atomic E-state index is 12.7. The van der Waals surface area contributed by atoms with E-state index in [1.807, 2.05) is 6.08 Å². The van der Waals surface area contributed by atoms with Crippen LogP contribution in [-0.4, -0.2) is 37.2 Å². The summed E-state index contributed by atoms with van der Waals surface area (Å²) in [5.74, 6) is -1.09. The lowest BCUT2D eigenvalue weighted by Gasteiger charge is -2.18. The summed E-state index contributed by atoms with van der Waals surface area (Å²) in [6, 6.07) is 0. The Morgan fingerprint density at radius 1 is 0.379 bits per heavy atom. The van der Waals surface area contributed by atoms with Crippen molar-refractivity contribution in [3.8, 4) is 0 Å². The highest BCUT2D eigenvalue weighted by atomic mass is 16.6. The Balaban J connectivity index is 4.55. The molecule has 0 heterocycles. The van der Waals surface area contributed by atoms with Gasteiger partial charge in [0.1, 0.15) is 13.2 Å². The summed E-state index contributed by atoms with van der Waals surface area (Å²) in [4.78, 5) is 37.7. The quantitative estimate of drug-likeness (QED) is 0.0266. The molecule has 0 saturated carbocycles. The van der Waals surface area contributed by atoms with Gasteiger partial charge in [-0.3, -0.25) is 14.4 Å². The number of allylic oxidation sites excluding steroid dienone is 15. The third-order valence-electron chi connectivity index (χ3n) is 9.31. The number of hydrogen-bond donors (Lipinski definition) is 0. The highest BCUT2D eigenvalue weighted by Crippen LogP contribution is 2.12. The first kappa shape index (κ1) is 54.3. The fourth-order valence-corrected chi connectivity index (χ4v) is 5.84. The van der Waals surface area contributed by atoms with E-state index >= 15 is 0 Å². The number of carbonyl (C=O) groups excluding carboxylic acids is 3. The number of rotatable bonds is 40. The molecule has 0 aliphatic carbocycles. The van der Waals surface area contributed by atoms with Gasteiger partial charge in [0.15, 0.2) is 6.10 Å². The average Bonchev–Trinajstić information content (AvgIpc) is 3.22. The number of unbranched alkanes of at least 4 members (excludes halogenated alkanes) is 14. The molecule has 0 radical (unpaired) electrons. The first-order valence-corrected chi connectivity index (χ1v) is 23.2. The topological polar surface area (TPSA) is 78.9 Å². The summed E-state index contributed by atoms with van der Waals surface area (Å²) in [5.41, 5.74) is 0. The van der Waals surface area contributed by atoms with E-state index in [0.29, 0.717) is 6.42 Å². The maximum Gasteiger partial charge on any atom is 0.309 e. The Labute approximate surface area is 356 Å².